The number of pyridine rings is 2. The Morgan fingerprint density at radius 1 is 0.333 bits per heavy atom. The number of aromatic nitrogens is 2. The molecule has 7 aromatic carbocycles. The first kappa shape index (κ1) is 27.9. The molecule has 224 valence electrons. The topological polar surface area (TPSA) is 25.8 Å². The van der Waals surface area contributed by atoms with Crippen molar-refractivity contribution in [2.75, 3.05) is 0 Å². The summed E-state index contributed by atoms with van der Waals surface area (Å²) in [7, 11) is 0. The summed E-state index contributed by atoms with van der Waals surface area (Å²) < 4.78 is 0. The van der Waals surface area contributed by atoms with E-state index in [0.717, 1.165) is 66.1 Å². The molecule has 2 nitrogen and oxygen atoms in total. The maximum atomic E-state index is 5.43. The van der Waals surface area contributed by atoms with Gasteiger partial charge in [-0.15, -0.1) is 0 Å². The zero-order valence-corrected chi connectivity index (χ0v) is 26.2. The van der Waals surface area contributed by atoms with Crippen molar-refractivity contribution in [3.8, 4) is 55.8 Å². The van der Waals surface area contributed by atoms with Crippen molar-refractivity contribution in [2.45, 2.75) is 0 Å². The van der Waals surface area contributed by atoms with Gasteiger partial charge in [-0.05, 0) is 74.7 Å². The molecule has 0 spiro atoms. The highest BCUT2D eigenvalue weighted by atomic mass is 14.7. The van der Waals surface area contributed by atoms with Crippen molar-refractivity contribution in [2.24, 2.45) is 0 Å². The van der Waals surface area contributed by atoms with Gasteiger partial charge in [0.25, 0.3) is 0 Å². The molecular formula is C46H30N2. The average molecular weight is 611 g/mol. The summed E-state index contributed by atoms with van der Waals surface area (Å²) in [6.07, 6.45) is 2.00. The number of rotatable bonds is 5. The van der Waals surface area contributed by atoms with Gasteiger partial charge in [0.1, 0.15) is 0 Å². The van der Waals surface area contributed by atoms with Crippen molar-refractivity contribution >= 4 is 32.6 Å². The van der Waals surface area contributed by atoms with E-state index in [1.807, 2.05) is 12.3 Å². The molecule has 0 radical (unpaired) electrons. The van der Waals surface area contributed by atoms with E-state index in [0.29, 0.717) is 0 Å². The molecule has 0 fully saturated rings. The standard InChI is InChI=1S/C46H30N2/c1-4-12-31(13-5-1)33-20-22-34(23-21-33)42-29-45(35-16-8-3-9-17-35)48-46-40(42)25-24-39-41(38-26-36-18-10-11-19-44(36)47-30-38)27-37(28-43(39)46)32-14-6-2-7-15-32/h1-30H. The van der Waals surface area contributed by atoms with E-state index in [-0.39, 0.29) is 0 Å². The fourth-order valence-corrected chi connectivity index (χ4v) is 6.85. The van der Waals surface area contributed by atoms with Crippen LogP contribution in [0.3, 0.4) is 0 Å². The molecule has 9 rings (SSSR count). The number of nitrogens with zero attached hydrogens (tertiary/aromatic N) is 2. The van der Waals surface area contributed by atoms with Crippen molar-refractivity contribution < 1.29 is 0 Å². The second-order valence-corrected chi connectivity index (χ2v) is 12.2. The Labute approximate surface area is 279 Å². The summed E-state index contributed by atoms with van der Waals surface area (Å²) in [5, 5.41) is 4.53. The summed E-state index contributed by atoms with van der Waals surface area (Å²) in [6.45, 7) is 0. The van der Waals surface area contributed by atoms with Crippen molar-refractivity contribution in [1.29, 1.82) is 0 Å². The smallest absolute Gasteiger partial charge is 0.0794 e. The number of benzene rings is 7. The van der Waals surface area contributed by atoms with E-state index in [4.69, 9.17) is 9.97 Å². The molecule has 48 heavy (non-hydrogen) atoms. The quantitative estimate of drug-likeness (QED) is 0.181. The minimum Gasteiger partial charge on any atom is -0.256 e. The molecule has 2 aromatic heterocycles. The second-order valence-electron chi connectivity index (χ2n) is 12.2. The van der Waals surface area contributed by atoms with Crippen LogP contribution in [-0.4, -0.2) is 9.97 Å². The predicted molar refractivity (Wildman–Crippen MR) is 202 cm³/mol. The molecule has 0 aliphatic carbocycles. The molecule has 0 N–H and O–H groups in total. The molecule has 0 atom stereocenters. The van der Waals surface area contributed by atoms with Gasteiger partial charge in [-0.25, -0.2) is 4.98 Å². The van der Waals surface area contributed by atoms with Gasteiger partial charge in [0, 0.05) is 33.5 Å². The Morgan fingerprint density at radius 3 is 1.62 bits per heavy atom. The van der Waals surface area contributed by atoms with Gasteiger partial charge in [-0.3, -0.25) is 4.98 Å². The zero-order chi connectivity index (χ0) is 31.9. The Morgan fingerprint density at radius 2 is 0.896 bits per heavy atom. The van der Waals surface area contributed by atoms with E-state index in [1.54, 1.807) is 0 Å². The van der Waals surface area contributed by atoms with E-state index in [1.165, 1.54) is 22.3 Å². The molecule has 0 saturated heterocycles. The van der Waals surface area contributed by atoms with Crippen molar-refractivity contribution in [3.05, 3.63) is 182 Å². The van der Waals surface area contributed by atoms with Crippen molar-refractivity contribution in [3.63, 3.8) is 0 Å². The van der Waals surface area contributed by atoms with Crippen LogP contribution in [0.25, 0.3) is 88.3 Å². The fourth-order valence-electron chi connectivity index (χ4n) is 6.85. The van der Waals surface area contributed by atoms with Gasteiger partial charge in [0.15, 0.2) is 0 Å². The molecular weight excluding hydrogens is 581 g/mol. The van der Waals surface area contributed by atoms with Crippen LogP contribution in [0.5, 0.6) is 0 Å². The van der Waals surface area contributed by atoms with Gasteiger partial charge >= 0.3 is 0 Å². The Bertz CT molecular complexity index is 2570. The summed E-state index contributed by atoms with van der Waals surface area (Å²) >= 11 is 0. The van der Waals surface area contributed by atoms with Crippen LogP contribution in [0.4, 0.5) is 0 Å². The second kappa shape index (κ2) is 11.8. The van der Waals surface area contributed by atoms with Crippen LogP contribution in [0.1, 0.15) is 0 Å². The van der Waals surface area contributed by atoms with Crippen LogP contribution in [0, 0.1) is 0 Å². The maximum Gasteiger partial charge on any atom is 0.0794 e. The normalized spacial score (nSPS) is 11.3. The average Bonchev–Trinajstić information content (AvgIpc) is 3.18. The zero-order valence-electron chi connectivity index (χ0n) is 26.2. The molecule has 2 heteroatoms. The minimum atomic E-state index is 0.955. The lowest BCUT2D eigenvalue weighted by atomic mass is 9.90. The molecule has 2 heterocycles. The SMILES string of the molecule is c1ccc(-c2ccc(-c3cc(-c4ccccc4)nc4c3ccc3c(-c5cnc6ccccc6c5)cc(-c5ccccc5)cc34)cc2)cc1. The van der Waals surface area contributed by atoms with E-state index < -0.39 is 0 Å². The van der Waals surface area contributed by atoms with E-state index in [2.05, 4.69) is 170 Å². The van der Waals surface area contributed by atoms with E-state index >= 15 is 0 Å². The first-order valence-corrected chi connectivity index (χ1v) is 16.3. The molecule has 9 aromatic rings. The van der Waals surface area contributed by atoms with Crippen LogP contribution in [0.15, 0.2) is 182 Å². The van der Waals surface area contributed by atoms with Crippen LogP contribution in [0.2, 0.25) is 0 Å². The third-order valence-electron chi connectivity index (χ3n) is 9.29. The van der Waals surface area contributed by atoms with Crippen molar-refractivity contribution in [1.82, 2.24) is 9.97 Å². The van der Waals surface area contributed by atoms with E-state index in [9.17, 15) is 0 Å². The van der Waals surface area contributed by atoms with Crippen LogP contribution in [-0.2, 0) is 0 Å². The maximum absolute atomic E-state index is 5.43. The first-order valence-electron chi connectivity index (χ1n) is 16.3. The largest absolute Gasteiger partial charge is 0.256 e. The highest BCUT2D eigenvalue weighted by molar-refractivity contribution is 6.16. The Hall–Kier alpha value is -6.38. The molecule has 0 saturated carbocycles. The number of hydrogen-bond donors (Lipinski definition) is 0. The van der Waals surface area contributed by atoms with Gasteiger partial charge in [0.2, 0.25) is 0 Å². The number of hydrogen-bond acceptors (Lipinski definition) is 2. The first-order chi connectivity index (χ1) is 23.8. The number of para-hydroxylation sites is 1. The fraction of sp³-hybridized carbons (Fsp3) is 0. The summed E-state index contributed by atoms with van der Waals surface area (Å²) in [5.74, 6) is 0. The van der Waals surface area contributed by atoms with Gasteiger partial charge < -0.3 is 0 Å². The molecule has 0 amide bonds. The third kappa shape index (κ3) is 5.01. The summed E-state index contributed by atoms with van der Waals surface area (Å²) in [6, 6.07) is 62.5. The Balaban J connectivity index is 1.33. The lowest BCUT2D eigenvalue weighted by molar-refractivity contribution is 1.40. The van der Waals surface area contributed by atoms with Crippen LogP contribution >= 0.6 is 0 Å². The molecule has 0 unspecified atom stereocenters. The highest BCUT2D eigenvalue weighted by Gasteiger charge is 2.17. The lowest BCUT2D eigenvalue weighted by Crippen LogP contribution is -1.93. The summed E-state index contributed by atoms with van der Waals surface area (Å²) in [4.78, 5) is 10.3. The molecule has 0 aliphatic heterocycles. The number of fused-ring (bicyclic) bond motifs is 4. The van der Waals surface area contributed by atoms with Crippen LogP contribution < -0.4 is 0 Å². The highest BCUT2D eigenvalue weighted by Crippen LogP contribution is 2.41. The molecule has 0 aliphatic rings. The van der Waals surface area contributed by atoms with Gasteiger partial charge in [-0.2, -0.15) is 0 Å². The monoisotopic (exact) mass is 610 g/mol. The lowest BCUT2D eigenvalue weighted by Gasteiger charge is -2.16. The predicted octanol–water partition coefficient (Wildman–Crippen LogP) is 12.3. The minimum absolute atomic E-state index is 0.955. The summed E-state index contributed by atoms with van der Waals surface area (Å²) in [5.41, 5.74) is 13.3. The molecule has 0 bridgehead atoms. The van der Waals surface area contributed by atoms with Gasteiger partial charge in [-0.1, -0.05) is 146 Å². The Kier molecular flexibility index (Phi) is 6.84. The third-order valence-corrected chi connectivity index (χ3v) is 9.29. The van der Waals surface area contributed by atoms with Gasteiger partial charge in [0.05, 0.1) is 16.7 Å².